The van der Waals surface area contributed by atoms with E-state index in [-0.39, 0.29) is 5.79 Å². The van der Waals surface area contributed by atoms with Crippen molar-refractivity contribution in [3.63, 3.8) is 0 Å². The van der Waals surface area contributed by atoms with Gasteiger partial charge < -0.3 is 9.47 Å². The number of likely N-dealkylation sites (tertiary alicyclic amines) is 1. The predicted octanol–water partition coefficient (Wildman–Crippen LogP) is 5.02. The number of pyridine rings is 1. The molecule has 6 nitrogen and oxygen atoms in total. The van der Waals surface area contributed by atoms with Crippen LogP contribution in [0.3, 0.4) is 0 Å². The van der Waals surface area contributed by atoms with Crippen LogP contribution in [-0.4, -0.2) is 51.4 Å². The molecule has 1 spiro atoms. The van der Waals surface area contributed by atoms with Crippen molar-refractivity contribution >= 4 is 35.2 Å². The number of rotatable bonds is 3. The second-order valence-corrected chi connectivity index (χ2v) is 10.4. The molecule has 6 rings (SSSR count). The largest absolute Gasteiger partial charge is 0.348 e. The van der Waals surface area contributed by atoms with Gasteiger partial charge in [0.25, 0.3) is 0 Å². The average Bonchev–Trinajstić information content (AvgIpc) is 3.57. The van der Waals surface area contributed by atoms with Crippen LogP contribution in [0.15, 0.2) is 23.8 Å². The molecule has 164 valence electrons. The highest BCUT2D eigenvalue weighted by Gasteiger charge is 2.40. The van der Waals surface area contributed by atoms with Crippen LogP contribution in [0.2, 0.25) is 0 Å². The molecule has 0 radical (unpaired) electrons. The normalized spacial score (nSPS) is 24.6. The van der Waals surface area contributed by atoms with Gasteiger partial charge in [-0.25, -0.2) is 9.97 Å². The molecule has 1 atom stereocenters. The van der Waals surface area contributed by atoms with Gasteiger partial charge in [-0.2, -0.15) is 0 Å². The van der Waals surface area contributed by atoms with Gasteiger partial charge >= 0.3 is 0 Å². The Morgan fingerprint density at radius 1 is 1.19 bits per heavy atom. The van der Waals surface area contributed by atoms with Crippen molar-refractivity contribution in [3.8, 4) is 11.3 Å². The molecule has 0 N–H and O–H groups in total. The number of hydrogen-bond donors (Lipinski definition) is 1. The Hall–Kier alpha value is -1.45. The fraction of sp³-hybridized carbons (Fsp3) is 0.565. The Labute approximate surface area is 192 Å². The van der Waals surface area contributed by atoms with E-state index in [1.807, 2.05) is 10.2 Å². The molecule has 1 saturated carbocycles. The second kappa shape index (κ2) is 7.85. The van der Waals surface area contributed by atoms with Crippen LogP contribution >= 0.6 is 24.2 Å². The summed E-state index contributed by atoms with van der Waals surface area (Å²) in [4.78, 5) is 12.2. The molecular formula is C23H28N4O2S2. The maximum absolute atomic E-state index is 5.91. The fourth-order valence-electron chi connectivity index (χ4n) is 5.50. The van der Waals surface area contributed by atoms with E-state index < -0.39 is 0 Å². The summed E-state index contributed by atoms with van der Waals surface area (Å²) in [7, 11) is 2.20. The van der Waals surface area contributed by atoms with Crippen molar-refractivity contribution in [2.45, 2.75) is 56.3 Å². The zero-order valence-electron chi connectivity index (χ0n) is 17.8. The number of thiol groups is 1. The number of nitrogens with zero attached hydrogens (tertiary/aromatic N) is 4. The zero-order valence-corrected chi connectivity index (χ0v) is 19.5. The Morgan fingerprint density at radius 2 is 2.00 bits per heavy atom. The summed E-state index contributed by atoms with van der Waals surface area (Å²) < 4.78 is 13.6. The van der Waals surface area contributed by atoms with Crippen molar-refractivity contribution in [2.24, 2.45) is 0 Å². The highest BCUT2D eigenvalue weighted by molar-refractivity contribution is 7.78. The highest BCUT2D eigenvalue weighted by Crippen LogP contribution is 2.43. The molecule has 3 aromatic heterocycles. The van der Waals surface area contributed by atoms with E-state index in [0.717, 1.165) is 67.7 Å². The molecule has 31 heavy (non-hydrogen) atoms. The first kappa shape index (κ1) is 20.2. The van der Waals surface area contributed by atoms with E-state index in [2.05, 4.69) is 42.4 Å². The molecule has 5 heterocycles. The SMILES string of the molecule is CN1CCCC1c1nc(-c2cn(S)c3ncc(C4CCC5(CC4)OCCO5)cc23)cs1. The maximum atomic E-state index is 5.91. The molecule has 0 bridgehead atoms. The summed E-state index contributed by atoms with van der Waals surface area (Å²) in [5.74, 6) is 0.169. The summed E-state index contributed by atoms with van der Waals surface area (Å²) in [5, 5.41) is 4.54. The van der Waals surface area contributed by atoms with Crippen LogP contribution in [0.1, 0.15) is 61.1 Å². The van der Waals surface area contributed by atoms with Gasteiger partial charge in [-0.15, -0.1) is 11.3 Å². The van der Waals surface area contributed by atoms with Gasteiger partial charge in [0.05, 0.1) is 24.9 Å². The van der Waals surface area contributed by atoms with E-state index in [9.17, 15) is 0 Å². The molecule has 0 aromatic carbocycles. The van der Waals surface area contributed by atoms with E-state index in [4.69, 9.17) is 19.4 Å². The Balaban J connectivity index is 1.30. The summed E-state index contributed by atoms with van der Waals surface area (Å²) in [5.41, 5.74) is 4.35. The molecule has 2 saturated heterocycles. The average molecular weight is 457 g/mol. The van der Waals surface area contributed by atoms with Crippen molar-refractivity contribution in [2.75, 3.05) is 26.8 Å². The Kier molecular flexibility index (Phi) is 5.11. The summed E-state index contributed by atoms with van der Waals surface area (Å²) in [6.45, 7) is 2.61. The third kappa shape index (κ3) is 3.53. The topological polar surface area (TPSA) is 52.4 Å². The van der Waals surface area contributed by atoms with E-state index in [1.165, 1.54) is 23.4 Å². The van der Waals surface area contributed by atoms with Crippen LogP contribution in [0.4, 0.5) is 0 Å². The standard InChI is InChI=1S/C23H28N4O2S2/c1-26-8-2-3-20(26)22-25-19(14-31-22)18-13-27(30)21-17(18)11-16(12-24-21)15-4-6-23(7-5-15)28-9-10-29-23/h11-15,20,30H,2-10H2,1H3. The molecular weight excluding hydrogens is 428 g/mol. The minimum Gasteiger partial charge on any atom is -0.348 e. The highest BCUT2D eigenvalue weighted by atomic mass is 32.1. The minimum atomic E-state index is -0.321. The summed E-state index contributed by atoms with van der Waals surface area (Å²) in [6, 6.07) is 2.76. The van der Waals surface area contributed by atoms with Crippen molar-refractivity contribution in [3.05, 3.63) is 34.4 Å². The van der Waals surface area contributed by atoms with Crippen LogP contribution in [0.5, 0.6) is 0 Å². The van der Waals surface area contributed by atoms with Gasteiger partial charge in [-0.05, 0) is 56.8 Å². The molecule has 1 aliphatic carbocycles. The first-order valence-electron chi connectivity index (χ1n) is 11.3. The molecule has 3 aromatic rings. The van der Waals surface area contributed by atoms with Gasteiger partial charge in [-0.3, -0.25) is 8.87 Å². The number of fused-ring (bicyclic) bond motifs is 1. The quantitative estimate of drug-likeness (QED) is 0.561. The van der Waals surface area contributed by atoms with Crippen molar-refractivity contribution in [1.82, 2.24) is 18.8 Å². The number of thiazole rings is 1. The van der Waals surface area contributed by atoms with Gasteiger partial charge in [0.1, 0.15) is 10.7 Å². The minimum absolute atomic E-state index is 0.321. The molecule has 3 fully saturated rings. The molecule has 1 unspecified atom stereocenters. The van der Waals surface area contributed by atoms with E-state index >= 15 is 0 Å². The summed E-state index contributed by atoms with van der Waals surface area (Å²) >= 11 is 6.41. The lowest BCUT2D eigenvalue weighted by Crippen LogP contribution is -2.34. The van der Waals surface area contributed by atoms with E-state index in [1.54, 1.807) is 11.3 Å². The Morgan fingerprint density at radius 3 is 2.74 bits per heavy atom. The lowest BCUT2D eigenvalue weighted by Gasteiger charge is -2.35. The van der Waals surface area contributed by atoms with Crippen LogP contribution in [0, 0.1) is 0 Å². The zero-order chi connectivity index (χ0) is 21.0. The van der Waals surface area contributed by atoms with Gasteiger partial charge in [0.15, 0.2) is 5.79 Å². The molecule has 3 aliphatic rings. The third-order valence-electron chi connectivity index (χ3n) is 7.28. The number of hydrogen-bond acceptors (Lipinski definition) is 7. The lowest BCUT2D eigenvalue weighted by atomic mass is 9.81. The molecule has 0 amide bonds. The lowest BCUT2D eigenvalue weighted by molar-refractivity contribution is -0.178. The smallest absolute Gasteiger partial charge is 0.168 e. The van der Waals surface area contributed by atoms with Crippen molar-refractivity contribution in [1.29, 1.82) is 0 Å². The van der Waals surface area contributed by atoms with Crippen molar-refractivity contribution < 1.29 is 9.47 Å². The number of ether oxygens (including phenoxy) is 2. The van der Waals surface area contributed by atoms with Crippen LogP contribution < -0.4 is 0 Å². The predicted molar refractivity (Wildman–Crippen MR) is 126 cm³/mol. The Bertz CT molecular complexity index is 1090. The third-order valence-corrected chi connectivity index (χ3v) is 8.53. The number of aromatic nitrogens is 3. The monoisotopic (exact) mass is 456 g/mol. The second-order valence-electron chi connectivity index (χ2n) is 9.12. The first-order valence-corrected chi connectivity index (χ1v) is 12.5. The maximum Gasteiger partial charge on any atom is 0.168 e. The summed E-state index contributed by atoms with van der Waals surface area (Å²) in [6.07, 6.45) is 10.6. The van der Waals surface area contributed by atoms with Crippen LogP contribution in [-0.2, 0) is 9.47 Å². The van der Waals surface area contributed by atoms with Gasteiger partial charge in [0, 0.05) is 41.6 Å². The van der Waals surface area contributed by atoms with E-state index in [0.29, 0.717) is 12.0 Å². The van der Waals surface area contributed by atoms with Gasteiger partial charge in [-0.1, -0.05) is 12.8 Å². The molecule has 8 heteroatoms. The van der Waals surface area contributed by atoms with Gasteiger partial charge in [0.2, 0.25) is 0 Å². The first-order chi connectivity index (χ1) is 15.1. The fourth-order valence-corrected chi connectivity index (χ4v) is 6.79. The molecule has 2 aliphatic heterocycles. The van der Waals surface area contributed by atoms with Crippen LogP contribution in [0.25, 0.3) is 22.3 Å².